The minimum atomic E-state index is -3.78. The third-order valence-electron chi connectivity index (χ3n) is 6.70. The van der Waals surface area contributed by atoms with Gasteiger partial charge in [-0.2, -0.15) is 5.26 Å². The lowest BCUT2D eigenvalue weighted by atomic mass is 10.0. The van der Waals surface area contributed by atoms with Crippen molar-refractivity contribution in [3.05, 3.63) is 115 Å². The van der Waals surface area contributed by atoms with Crippen molar-refractivity contribution in [3.63, 3.8) is 0 Å². The molecule has 2 heterocycles. The van der Waals surface area contributed by atoms with E-state index in [2.05, 4.69) is 26.9 Å². The smallest absolute Gasteiger partial charge is 0.444 e. The van der Waals surface area contributed by atoms with Gasteiger partial charge < -0.3 is 13.5 Å². The molecule has 0 aliphatic carbocycles. The number of tetrazole rings is 1. The SMILES string of the molecule is N#CCCn1nnnc1[C@H](Cc1ccc2c(c1)oc1ccccc12)NCP(=O)(Oc1ccccc1)Oc1ccccc1. The Morgan fingerprint density at radius 1 is 0.881 bits per heavy atom. The molecule has 6 rings (SSSR count). The van der Waals surface area contributed by atoms with Gasteiger partial charge in [-0.1, -0.05) is 66.7 Å². The number of hydrogen-bond acceptors (Lipinski definition) is 9. The van der Waals surface area contributed by atoms with Crippen molar-refractivity contribution in [2.75, 3.05) is 6.29 Å². The van der Waals surface area contributed by atoms with Crippen molar-refractivity contribution in [1.29, 1.82) is 5.26 Å². The monoisotopic (exact) mass is 578 g/mol. The number of aryl methyl sites for hydroxylation is 1. The maximum Gasteiger partial charge on any atom is 0.444 e. The van der Waals surface area contributed by atoms with Crippen molar-refractivity contribution in [3.8, 4) is 17.6 Å². The van der Waals surface area contributed by atoms with Crippen LogP contribution < -0.4 is 14.4 Å². The first kappa shape index (κ1) is 27.2. The second kappa shape index (κ2) is 12.3. The van der Waals surface area contributed by atoms with E-state index >= 15 is 0 Å². The predicted octanol–water partition coefficient (Wildman–Crippen LogP) is 6.67. The lowest BCUT2D eigenvalue weighted by molar-refractivity contribution is 0.372. The average molecular weight is 579 g/mol. The number of fused-ring (bicyclic) bond motifs is 3. The zero-order valence-corrected chi connectivity index (χ0v) is 23.4. The summed E-state index contributed by atoms with van der Waals surface area (Å²) in [6.45, 7) is 0.318. The summed E-state index contributed by atoms with van der Waals surface area (Å²) in [5, 5.41) is 26.8. The highest BCUT2D eigenvalue weighted by Gasteiger charge is 2.31. The van der Waals surface area contributed by atoms with E-state index in [0.717, 1.165) is 27.5 Å². The third kappa shape index (κ3) is 6.18. The number of nitrogens with one attached hydrogen (secondary N) is 1. The largest absolute Gasteiger partial charge is 0.456 e. The van der Waals surface area contributed by atoms with E-state index in [1.165, 1.54) is 0 Å². The molecule has 4 aromatic carbocycles. The topological polar surface area (TPSA) is 128 Å². The number of benzene rings is 4. The summed E-state index contributed by atoms with van der Waals surface area (Å²) < 4.78 is 33.8. The molecule has 0 fully saturated rings. The number of rotatable bonds is 12. The molecule has 0 aliphatic rings. The molecule has 0 spiro atoms. The van der Waals surface area contributed by atoms with Crippen LogP contribution in [0.4, 0.5) is 0 Å². The Labute approximate surface area is 242 Å². The highest BCUT2D eigenvalue weighted by atomic mass is 31.2. The van der Waals surface area contributed by atoms with Crippen molar-refractivity contribution in [1.82, 2.24) is 25.5 Å². The molecule has 0 amide bonds. The van der Waals surface area contributed by atoms with Crippen LogP contribution in [0.15, 0.2) is 108 Å². The van der Waals surface area contributed by atoms with Crippen molar-refractivity contribution in [2.45, 2.75) is 25.4 Å². The van der Waals surface area contributed by atoms with Crippen molar-refractivity contribution in [2.24, 2.45) is 0 Å². The number of furan rings is 1. The molecule has 0 bridgehead atoms. The Kier molecular flexibility index (Phi) is 7.95. The number of para-hydroxylation sites is 3. The summed E-state index contributed by atoms with van der Waals surface area (Å²) in [6.07, 6.45) is 0.540. The third-order valence-corrected chi connectivity index (χ3v) is 8.24. The Bertz CT molecular complexity index is 1840. The maximum atomic E-state index is 14.2. The average Bonchev–Trinajstić information content (AvgIpc) is 3.63. The van der Waals surface area contributed by atoms with Crippen LogP contribution in [-0.2, 0) is 17.5 Å². The fourth-order valence-corrected chi connectivity index (χ4v) is 6.25. The van der Waals surface area contributed by atoms with Gasteiger partial charge in [0.15, 0.2) is 5.82 Å². The highest BCUT2D eigenvalue weighted by Crippen LogP contribution is 2.48. The van der Waals surface area contributed by atoms with Gasteiger partial charge in [0.1, 0.15) is 29.0 Å². The van der Waals surface area contributed by atoms with Gasteiger partial charge in [-0.05, 0) is 58.8 Å². The molecule has 0 unspecified atom stereocenters. The first-order valence-corrected chi connectivity index (χ1v) is 15.2. The molecule has 210 valence electrons. The number of nitriles is 1. The molecular formula is C31H27N6O4P. The lowest BCUT2D eigenvalue weighted by Gasteiger charge is -2.24. The lowest BCUT2D eigenvalue weighted by Crippen LogP contribution is -2.29. The van der Waals surface area contributed by atoms with Crippen molar-refractivity contribution >= 4 is 29.5 Å². The molecule has 0 saturated carbocycles. The van der Waals surface area contributed by atoms with E-state index < -0.39 is 13.6 Å². The number of aromatic nitrogens is 4. The first-order valence-electron chi connectivity index (χ1n) is 13.5. The van der Waals surface area contributed by atoms with Crippen LogP contribution in [0.1, 0.15) is 23.9 Å². The Balaban J connectivity index is 1.31. The van der Waals surface area contributed by atoms with Gasteiger partial charge in [-0.25, -0.2) is 9.25 Å². The summed E-state index contributed by atoms with van der Waals surface area (Å²) in [5.41, 5.74) is 2.54. The van der Waals surface area contributed by atoms with Crippen molar-refractivity contribution < 1.29 is 18.0 Å². The molecule has 6 aromatic rings. The Morgan fingerprint density at radius 3 is 2.26 bits per heavy atom. The van der Waals surface area contributed by atoms with E-state index in [4.69, 9.17) is 18.7 Å². The van der Waals surface area contributed by atoms with E-state index in [1.807, 2.05) is 54.6 Å². The second-order valence-corrected chi connectivity index (χ2v) is 11.5. The van der Waals surface area contributed by atoms with E-state index in [1.54, 1.807) is 53.2 Å². The standard InChI is InChI=1S/C31H27N6O4P/c32-18-9-19-37-31(34-35-36-37)28(20-23-16-17-27-26-14-7-8-15-29(26)39-30(27)21-23)33-22-42(38,40-24-10-3-1-4-11-24)41-25-12-5-2-6-13-25/h1-8,10-17,21,28,33H,9,19-20,22H2/t28-/m0/s1. The van der Waals surface area contributed by atoms with Gasteiger partial charge in [-0.3, -0.25) is 5.32 Å². The maximum absolute atomic E-state index is 14.2. The summed E-state index contributed by atoms with van der Waals surface area (Å²) in [6, 6.07) is 33.4. The molecule has 42 heavy (non-hydrogen) atoms. The van der Waals surface area contributed by atoms with Crippen LogP contribution in [0.3, 0.4) is 0 Å². The van der Waals surface area contributed by atoms with Gasteiger partial charge in [0.2, 0.25) is 0 Å². The molecule has 0 aliphatic heterocycles. The molecule has 10 nitrogen and oxygen atoms in total. The van der Waals surface area contributed by atoms with Crippen LogP contribution in [0.2, 0.25) is 0 Å². The predicted molar refractivity (Wildman–Crippen MR) is 158 cm³/mol. The fraction of sp³-hybridized carbons (Fsp3) is 0.161. The Morgan fingerprint density at radius 2 is 1.55 bits per heavy atom. The van der Waals surface area contributed by atoms with Gasteiger partial charge >= 0.3 is 7.60 Å². The minimum Gasteiger partial charge on any atom is -0.456 e. The molecule has 2 aromatic heterocycles. The molecular weight excluding hydrogens is 551 g/mol. The summed E-state index contributed by atoms with van der Waals surface area (Å²) in [4.78, 5) is 0. The van der Waals surface area contributed by atoms with Gasteiger partial charge in [0.25, 0.3) is 0 Å². The molecule has 0 radical (unpaired) electrons. The van der Waals surface area contributed by atoms with E-state index in [9.17, 15) is 4.57 Å². The Hall–Kier alpha value is -4.97. The molecule has 1 atom stereocenters. The normalized spacial score (nSPS) is 12.3. The first-order chi connectivity index (χ1) is 20.6. The van der Waals surface area contributed by atoms with E-state index in [0.29, 0.717) is 30.3 Å². The summed E-state index contributed by atoms with van der Waals surface area (Å²) in [5.74, 6) is 1.34. The molecule has 1 N–H and O–H groups in total. The highest BCUT2D eigenvalue weighted by molar-refractivity contribution is 7.54. The fourth-order valence-electron chi connectivity index (χ4n) is 4.75. The zero-order chi connectivity index (χ0) is 28.8. The number of hydrogen-bond donors (Lipinski definition) is 1. The molecule has 11 heteroatoms. The van der Waals surface area contributed by atoms with Crippen LogP contribution in [0, 0.1) is 11.3 Å². The number of nitrogens with zero attached hydrogens (tertiary/aromatic N) is 5. The van der Waals surface area contributed by atoms with E-state index in [-0.39, 0.29) is 12.7 Å². The zero-order valence-electron chi connectivity index (χ0n) is 22.5. The minimum absolute atomic E-state index is 0.139. The quantitative estimate of drug-likeness (QED) is 0.158. The van der Waals surface area contributed by atoms with Gasteiger partial charge in [0.05, 0.1) is 25.1 Å². The second-order valence-electron chi connectivity index (χ2n) is 9.64. The molecule has 0 saturated heterocycles. The summed E-state index contributed by atoms with van der Waals surface area (Å²) >= 11 is 0. The van der Waals surface area contributed by atoms with Crippen LogP contribution in [0.25, 0.3) is 21.9 Å². The van der Waals surface area contributed by atoms with Crippen LogP contribution in [0.5, 0.6) is 11.5 Å². The van der Waals surface area contributed by atoms with Crippen LogP contribution >= 0.6 is 7.60 Å². The van der Waals surface area contributed by atoms with Gasteiger partial charge in [-0.15, -0.1) is 5.10 Å². The van der Waals surface area contributed by atoms with Crippen LogP contribution in [-0.4, -0.2) is 26.5 Å². The van der Waals surface area contributed by atoms with Gasteiger partial charge in [0, 0.05) is 10.8 Å². The summed E-state index contributed by atoms with van der Waals surface area (Å²) in [7, 11) is -3.78.